The normalized spacial score (nSPS) is 13.7. The van der Waals surface area contributed by atoms with E-state index in [0.717, 1.165) is 16.7 Å². The van der Waals surface area contributed by atoms with Crippen molar-refractivity contribution in [3.05, 3.63) is 196 Å². The van der Waals surface area contributed by atoms with E-state index < -0.39 is 16.7 Å². The average molecular weight is 977 g/mol. The van der Waals surface area contributed by atoms with Crippen molar-refractivity contribution in [1.29, 1.82) is 0 Å². The van der Waals surface area contributed by atoms with Crippen LogP contribution in [0, 0.1) is 42.9 Å². The van der Waals surface area contributed by atoms with Crippen LogP contribution in [0.4, 0.5) is 14.6 Å². The molecule has 1 amide bonds. The summed E-state index contributed by atoms with van der Waals surface area (Å²) in [6.45, 7) is 10.9. The molecule has 0 aliphatic heterocycles. The number of hydrogen-bond donors (Lipinski definition) is 1. The molecule has 0 radical (unpaired) electrons. The molecule has 15 heteroatoms. The first kappa shape index (κ1) is 49.1. The molecule has 2 aliphatic carbocycles. The Morgan fingerprint density at radius 1 is 0.548 bits per heavy atom. The Morgan fingerprint density at radius 3 is 1.26 bits per heavy atom. The summed E-state index contributed by atoms with van der Waals surface area (Å²) >= 11 is 0. The number of ether oxygens (including phenoxy) is 2. The van der Waals surface area contributed by atoms with Gasteiger partial charge < -0.3 is 20.1 Å². The van der Waals surface area contributed by atoms with Crippen LogP contribution >= 0.6 is 0 Å². The number of hydrogen-bond acceptors (Lipinski definition) is 11. The maximum atomic E-state index is 13.1. The van der Waals surface area contributed by atoms with E-state index in [0.29, 0.717) is 93.3 Å². The average Bonchev–Trinajstić information content (AvgIpc) is 4.33. The van der Waals surface area contributed by atoms with Gasteiger partial charge in [0.1, 0.15) is 39.9 Å². The number of aryl methyl sites for hydroxylation is 2. The summed E-state index contributed by atoms with van der Waals surface area (Å²) in [6.07, 6.45) is 5.95. The summed E-state index contributed by atoms with van der Waals surface area (Å²) in [5.41, 5.74) is 10.2. The fourth-order valence-corrected chi connectivity index (χ4v) is 8.71. The Labute approximate surface area is 418 Å². The minimum atomic E-state index is -0.943. The lowest BCUT2D eigenvalue weighted by molar-refractivity contribution is -0.135. The Morgan fingerprint density at radius 2 is 0.904 bits per heavy atom. The molecule has 8 aromatic rings. The molecular weight excluding hydrogens is 931 g/mol. The quantitative estimate of drug-likeness (QED) is 0.0676. The van der Waals surface area contributed by atoms with Crippen molar-refractivity contribution in [1.82, 2.24) is 19.9 Å². The van der Waals surface area contributed by atoms with Gasteiger partial charge in [0.05, 0.1) is 16.3 Å². The summed E-state index contributed by atoms with van der Waals surface area (Å²) in [6, 6.07) is 32.6. The zero-order valence-corrected chi connectivity index (χ0v) is 39.8. The van der Waals surface area contributed by atoms with E-state index >= 15 is 0 Å². The van der Waals surface area contributed by atoms with E-state index in [4.69, 9.17) is 21.8 Å². The van der Waals surface area contributed by atoms with Crippen molar-refractivity contribution in [2.75, 3.05) is 0 Å². The SMILES string of the molecule is Cc1cc2nccc(Oc3ccc(CC(=O)C4(C(=O)Cc5ccc(F)cc5)CC4)cc3)c2nc1C(N)=O.[C-]#[N+]c1nc2c(Oc3ccc(CC(=O)C4(C(=O)Cc5ccc(F)cc5)CC4)cc3)ccnc2cc1C. The first-order valence-electron chi connectivity index (χ1n) is 23.5. The summed E-state index contributed by atoms with van der Waals surface area (Å²) in [5, 5.41) is 0. The fraction of sp³-hybridized carbons (Fsp3) is 0.207. The molecule has 0 bridgehead atoms. The highest BCUT2D eigenvalue weighted by molar-refractivity contribution is 6.11. The second-order valence-electron chi connectivity index (χ2n) is 18.4. The van der Waals surface area contributed by atoms with E-state index in [-0.39, 0.29) is 66.1 Å². The van der Waals surface area contributed by atoms with Gasteiger partial charge in [-0.05, 0) is 134 Å². The fourth-order valence-electron chi connectivity index (χ4n) is 8.71. The topological polar surface area (TPSA) is 186 Å². The number of carbonyl (C=O) groups excluding carboxylic acids is 5. The molecule has 2 saturated carbocycles. The number of primary amides is 1. The van der Waals surface area contributed by atoms with Gasteiger partial charge in [0.15, 0.2) is 34.6 Å². The summed E-state index contributed by atoms with van der Waals surface area (Å²) in [7, 11) is 0. The maximum absolute atomic E-state index is 13.1. The predicted molar refractivity (Wildman–Crippen MR) is 267 cm³/mol. The second kappa shape index (κ2) is 20.4. The van der Waals surface area contributed by atoms with Gasteiger partial charge in [-0.3, -0.25) is 33.9 Å². The molecule has 2 fully saturated rings. The largest absolute Gasteiger partial charge is 0.455 e. The third-order valence-corrected chi connectivity index (χ3v) is 13.3. The predicted octanol–water partition coefficient (Wildman–Crippen LogP) is 10.8. The molecule has 4 aromatic heterocycles. The van der Waals surface area contributed by atoms with Gasteiger partial charge in [0.25, 0.3) is 11.7 Å². The molecular formula is C58H46F2N6O7. The Hall–Kier alpha value is -8.90. The highest BCUT2D eigenvalue weighted by Crippen LogP contribution is 2.50. The lowest BCUT2D eigenvalue weighted by atomic mass is 9.88. The number of nitrogens with zero attached hydrogens (tertiary/aromatic N) is 5. The van der Waals surface area contributed by atoms with Crippen molar-refractivity contribution in [2.24, 2.45) is 16.6 Å². The first-order valence-corrected chi connectivity index (χ1v) is 23.5. The molecule has 2 N–H and O–H groups in total. The van der Waals surface area contributed by atoms with Gasteiger partial charge in [-0.2, -0.15) is 0 Å². The lowest BCUT2D eigenvalue weighted by Gasteiger charge is -2.14. The van der Waals surface area contributed by atoms with Gasteiger partial charge in [-0.1, -0.05) is 55.1 Å². The van der Waals surface area contributed by atoms with Crippen LogP contribution in [0.3, 0.4) is 0 Å². The molecule has 0 spiro atoms. The van der Waals surface area contributed by atoms with Crippen molar-refractivity contribution in [3.8, 4) is 23.0 Å². The summed E-state index contributed by atoms with van der Waals surface area (Å²) in [5.74, 6) is 0.506. The number of fused-ring (bicyclic) bond motifs is 2. The molecule has 0 saturated heterocycles. The monoisotopic (exact) mass is 976 g/mol. The number of pyridine rings is 4. The van der Waals surface area contributed by atoms with Crippen molar-refractivity contribution < 1.29 is 42.2 Å². The van der Waals surface area contributed by atoms with E-state index in [1.54, 1.807) is 110 Å². The minimum absolute atomic E-state index is 0.0883. The molecule has 13 nitrogen and oxygen atoms in total. The van der Waals surface area contributed by atoms with Crippen molar-refractivity contribution in [2.45, 2.75) is 65.2 Å². The van der Waals surface area contributed by atoms with E-state index in [9.17, 15) is 32.8 Å². The van der Waals surface area contributed by atoms with Crippen LogP contribution in [-0.2, 0) is 44.9 Å². The standard InChI is InChI=1S/C29H24FN3O4.C29H22FN3O3/c1-17-14-22-27(33-26(17)28(31)36)23(10-13-32-22)37-21-8-4-19(5-9-21)16-25(35)29(11-12-29)24(34)15-18-2-6-20(30)7-3-18;1-18-15-23-27(33-28(18)31-2)24(11-14-32-23)36-22-9-5-20(6-10-22)17-26(35)29(12-13-29)25(34)16-19-3-7-21(30)8-4-19/h2-10,13-14H,11-12,15-16H2,1H3,(H2,31,36);3-11,14-15H,12-13,16-17H2,1H3. The van der Waals surface area contributed by atoms with E-state index in [2.05, 4.69) is 24.8 Å². The van der Waals surface area contributed by atoms with Crippen molar-refractivity contribution in [3.63, 3.8) is 0 Å². The van der Waals surface area contributed by atoms with Gasteiger partial charge in [0.2, 0.25) is 5.52 Å². The maximum Gasteiger partial charge on any atom is 0.273 e. The Bertz CT molecular complexity index is 3520. The van der Waals surface area contributed by atoms with Gasteiger partial charge in [-0.25, -0.2) is 13.8 Å². The van der Waals surface area contributed by atoms with Gasteiger partial charge in [0, 0.05) is 50.2 Å². The van der Waals surface area contributed by atoms with Crippen LogP contribution in [0.2, 0.25) is 0 Å². The number of carbonyl (C=O) groups is 5. The number of benzene rings is 4. The molecule has 0 atom stereocenters. The Kier molecular flexibility index (Phi) is 13.7. The number of ketones is 4. The number of nitrogens with two attached hydrogens (primary N) is 1. The summed E-state index contributed by atoms with van der Waals surface area (Å²) in [4.78, 5) is 84.4. The highest BCUT2D eigenvalue weighted by Gasteiger charge is 2.55. The molecule has 73 heavy (non-hydrogen) atoms. The van der Waals surface area contributed by atoms with E-state index in [1.807, 2.05) is 13.0 Å². The molecule has 10 rings (SSSR count). The second-order valence-corrected chi connectivity index (χ2v) is 18.4. The highest BCUT2D eigenvalue weighted by atomic mass is 19.1. The van der Waals surface area contributed by atoms with Crippen LogP contribution in [0.1, 0.15) is 69.6 Å². The van der Waals surface area contributed by atoms with Crippen LogP contribution in [-0.4, -0.2) is 49.0 Å². The molecule has 2 aliphatic rings. The molecule has 364 valence electrons. The summed E-state index contributed by atoms with van der Waals surface area (Å²) < 4.78 is 38.3. The van der Waals surface area contributed by atoms with Crippen LogP contribution in [0.5, 0.6) is 23.0 Å². The molecule has 4 heterocycles. The third-order valence-electron chi connectivity index (χ3n) is 13.3. The number of rotatable bonds is 17. The zero-order chi connectivity index (χ0) is 51.4. The number of halogens is 2. The van der Waals surface area contributed by atoms with Crippen molar-refractivity contribution >= 4 is 56.9 Å². The number of aromatic nitrogens is 4. The van der Waals surface area contributed by atoms with Crippen LogP contribution in [0.25, 0.3) is 26.9 Å². The zero-order valence-electron chi connectivity index (χ0n) is 39.8. The minimum Gasteiger partial charge on any atom is -0.455 e. The van der Waals surface area contributed by atoms with Gasteiger partial charge >= 0.3 is 0 Å². The molecule has 4 aromatic carbocycles. The lowest BCUT2D eigenvalue weighted by Crippen LogP contribution is -2.28. The number of Topliss-reactive ketones (excluding diaryl/α,β-unsaturated/α-hetero) is 4. The van der Waals surface area contributed by atoms with E-state index in [1.165, 1.54) is 24.3 Å². The smallest absolute Gasteiger partial charge is 0.273 e. The molecule has 0 unspecified atom stereocenters. The number of amides is 1. The first-order chi connectivity index (χ1) is 35.1. The van der Waals surface area contributed by atoms with Crippen LogP contribution < -0.4 is 15.2 Å². The Balaban J connectivity index is 0.000000180. The third kappa shape index (κ3) is 10.9. The van der Waals surface area contributed by atoms with Crippen LogP contribution in [0.15, 0.2) is 134 Å². The van der Waals surface area contributed by atoms with Gasteiger partial charge in [-0.15, -0.1) is 4.98 Å².